The second-order valence-corrected chi connectivity index (χ2v) is 4.85. The van der Waals surface area contributed by atoms with Crippen molar-refractivity contribution < 1.29 is 4.42 Å². The average molecular weight is 247 g/mol. The number of pyridine rings is 1. The molecular weight excluding hydrogens is 226 g/mol. The highest BCUT2D eigenvalue weighted by Gasteiger charge is 2.05. The standard InChI is InChI=1S/C14H21N3O/c1-11(2)17(3)9-4-7-15-14-12-6-10-18-13(12)5-8-16-14/h5-6,8,10-11H,4,7,9H2,1-3H3,(H,15,16). The molecule has 18 heavy (non-hydrogen) atoms. The lowest BCUT2D eigenvalue weighted by Crippen LogP contribution is -2.28. The van der Waals surface area contributed by atoms with Gasteiger partial charge >= 0.3 is 0 Å². The van der Waals surface area contributed by atoms with Crippen molar-refractivity contribution in [3.8, 4) is 0 Å². The SMILES string of the molecule is CC(C)N(C)CCCNc1nccc2occc12. The minimum absolute atomic E-state index is 0.598. The maximum absolute atomic E-state index is 5.35. The summed E-state index contributed by atoms with van der Waals surface area (Å²) in [5, 5.41) is 4.42. The lowest BCUT2D eigenvalue weighted by Gasteiger charge is -2.20. The molecule has 0 aliphatic heterocycles. The molecule has 1 N–H and O–H groups in total. The predicted molar refractivity (Wildman–Crippen MR) is 74.9 cm³/mol. The summed E-state index contributed by atoms with van der Waals surface area (Å²) in [6, 6.07) is 4.43. The Bertz CT molecular complexity index is 492. The Morgan fingerprint density at radius 1 is 1.39 bits per heavy atom. The van der Waals surface area contributed by atoms with Crippen molar-refractivity contribution in [2.75, 3.05) is 25.5 Å². The summed E-state index contributed by atoms with van der Waals surface area (Å²) >= 11 is 0. The van der Waals surface area contributed by atoms with Crippen molar-refractivity contribution in [1.82, 2.24) is 9.88 Å². The van der Waals surface area contributed by atoms with Gasteiger partial charge in [0.05, 0.1) is 11.6 Å². The molecule has 2 heterocycles. The van der Waals surface area contributed by atoms with E-state index in [1.54, 1.807) is 12.5 Å². The molecule has 2 aromatic heterocycles. The molecule has 0 spiro atoms. The zero-order valence-corrected chi connectivity index (χ0v) is 11.3. The summed E-state index contributed by atoms with van der Waals surface area (Å²) in [7, 11) is 2.15. The third-order valence-corrected chi connectivity index (χ3v) is 3.24. The van der Waals surface area contributed by atoms with Crippen molar-refractivity contribution in [3.05, 3.63) is 24.6 Å². The quantitative estimate of drug-likeness (QED) is 0.797. The molecule has 0 bridgehead atoms. The number of hydrogen-bond donors (Lipinski definition) is 1. The summed E-state index contributed by atoms with van der Waals surface area (Å²) in [6.45, 7) is 6.43. The molecule has 0 atom stereocenters. The zero-order chi connectivity index (χ0) is 13.0. The number of rotatable bonds is 6. The fraction of sp³-hybridized carbons (Fsp3) is 0.500. The maximum Gasteiger partial charge on any atom is 0.139 e. The Morgan fingerprint density at radius 2 is 2.22 bits per heavy atom. The minimum Gasteiger partial charge on any atom is -0.464 e. The van der Waals surface area contributed by atoms with E-state index in [2.05, 4.69) is 36.1 Å². The van der Waals surface area contributed by atoms with E-state index in [9.17, 15) is 0 Å². The zero-order valence-electron chi connectivity index (χ0n) is 11.3. The van der Waals surface area contributed by atoms with Crippen molar-refractivity contribution >= 4 is 16.8 Å². The van der Waals surface area contributed by atoms with E-state index in [1.165, 1.54) is 0 Å². The second-order valence-electron chi connectivity index (χ2n) is 4.85. The van der Waals surface area contributed by atoms with Crippen LogP contribution in [0, 0.1) is 0 Å². The van der Waals surface area contributed by atoms with Gasteiger partial charge in [-0.3, -0.25) is 0 Å². The number of furan rings is 1. The molecule has 4 heteroatoms. The van der Waals surface area contributed by atoms with E-state index in [4.69, 9.17) is 4.42 Å². The Hall–Kier alpha value is -1.55. The van der Waals surface area contributed by atoms with Gasteiger partial charge in [0.2, 0.25) is 0 Å². The smallest absolute Gasteiger partial charge is 0.139 e. The summed E-state index contributed by atoms with van der Waals surface area (Å²) in [5.41, 5.74) is 0.881. The number of nitrogens with one attached hydrogen (secondary N) is 1. The fourth-order valence-electron chi connectivity index (χ4n) is 1.83. The molecule has 0 saturated carbocycles. The molecule has 0 amide bonds. The number of hydrogen-bond acceptors (Lipinski definition) is 4. The van der Waals surface area contributed by atoms with Gasteiger partial charge < -0.3 is 14.6 Å². The van der Waals surface area contributed by atoms with Gasteiger partial charge in [0.1, 0.15) is 11.4 Å². The molecule has 0 unspecified atom stereocenters. The Labute approximate surface area is 108 Å². The molecule has 0 saturated heterocycles. The lowest BCUT2D eigenvalue weighted by atomic mass is 10.3. The van der Waals surface area contributed by atoms with Crippen molar-refractivity contribution in [2.24, 2.45) is 0 Å². The molecule has 0 aromatic carbocycles. The van der Waals surface area contributed by atoms with Crippen LogP contribution in [0.25, 0.3) is 11.0 Å². The van der Waals surface area contributed by atoms with Crippen LogP contribution < -0.4 is 5.32 Å². The number of anilines is 1. The third-order valence-electron chi connectivity index (χ3n) is 3.24. The highest BCUT2D eigenvalue weighted by molar-refractivity contribution is 5.87. The molecular formula is C14H21N3O. The van der Waals surface area contributed by atoms with Gasteiger partial charge in [-0.1, -0.05) is 0 Å². The summed E-state index contributed by atoms with van der Waals surface area (Å²) in [4.78, 5) is 6.69. The van der Waals surface area contributed by atoms with Gasteiger partial charge in [-0.2, -0.15) is 0 Å². The van der Waals surface area contributed by atoms with Crippen LogP contribution >= 0.6 is 0 Å². The van der Waals surface area contributed by atoms with E-state index < -0.39 is 0 Å². The molecule has 0 radical (unpaired) electrons. The third kappa shape index (κ3) is 3.01. The predicted octanol–water partition coefficient (Wildman–Crippen LogP) is 2.97. The van der Waals surface area contributed by atoms with Gasteiger partial charge in [-0.05, 0) is 46.0 Å². The van der Waals surface area contributed by atoms with Crippen LogP contribution in [0.2, 0.25) is 0 Å². The number of nitrogens with zero attached hydrogens (tertiary/aromatic N) is 2. The Kier molecular flexibility index (Phi) is 4.20. The van der Waals surface area contributed by atoms with Gasteiger partial charge in [-0.25, -0.2) is 4.98 Å². The normalized spacial score (nSPS) is 11.6. The summed E-state index contributed by atoms with van der Waals surface area (Å²) < 4.78 is 5.35. The molecule has 0 aliphatic carbocycles. The highest BCUT2D eigenvalue weighted by Crippen LogP contribution is 2.21. The first-order chi connectivity index (χ1) is 8.68. The monoisotopic (exact) mass is 247 g/mol. The molecule has 98 valence electrons. The fourth-order valence-corrected chi connectivity index (χ4v) is 1.83. The molecule has 0 aliphatic rings. The van der Waals surface area contributed by atoms with E-state index in [0.29, 0.717) is 6.04 Å². The maximum atomic E-state index is 5.35. The van der Waals surface area contributed by atoms with Gasteiger partial charge in [-0.15, -0.1) is 0 Å². The molecule has 2 rings (SSSR count). The molecule has 2 aromatic rings. The Balaban J connectivity index is 1.85. The van der Waals surface area contributed by atoms with Crippen LogP contribution in [0.4, 0.5) is 5.82 Å². The first-order valence-corrected chi connectivity index (χ1v) is 6.45. The van der Waals surface area contributed by atoms with Crippen molar-refractivity contribution in [2.45, 2.75) is 26.3 Å². The van der Waals surface area contributed by atoms with E-state index >= 15 is 0 Å². The van der Waals surface area contributed by atoms with E-state index in [1.807, 2.05) is 12.1 Å². The topological polar surface area (TPSA) is 41.3 Å². The average Bonchev–Trinajstić information content (AvgIpc) is 2.83. The van der Waals surface area contributed by atoms with Crippen LogP contribution in [0.5, 0.6) is 0 Å². The van der Waals surface area contributed by atoms with Crippen LogP contribution in [0.1, 0.15) is 20.3 Å². The number of aromatic nitrogens is 1. The van der Waals surface area contributed by atoms with Crippen molar-refractivity contribution in [1.29, 1.82) is 0 Å². The van der Waals surface area contributed by atoms with Gasteiger partial charge in [0.15, 0.2) is 0 Å². The van der Waals surface area contributed by atoms with Crippen LogP contribution in [0.15, 0.2) is 29.0 Å². The Morgan fingerprint density at radius 3 is 3.00 bits per heavy atom. The molecule has 0 fully saturated rings. The number of fused-ring (bicyclic) bond motifs is 1. The molecule has 4 nitrogen and oxygen atoms in total. The van der Waals surface area contributed by atoms with Crippen LogP contribution in [0.3, 0.4) is 0 Å². The van der Waals surface area contributed by atoms with E-state index in [-0.39, 0.29) is 0 Å². The van der Waals surface area contributed by atoms with Crippen LogP contribution in [-0.2, 0) is 0 Å². The summed E-state index contributed by atoms with van der Waals surface area (Å²) in [5.74, 6) is 0.911. The van der Waals surface area contributed by atoms with Gasteiger partial charge in [0, 0.05) is 18.8 Å². The first-order valence-electron chi connectivity index (χ1n) is 6.45. The van der Waals surface area contributed by atoms with Crippen molar-refractivity contribution in [3.63, 3.8) is 0 Å². The highest BCUT2D eigenvalue weighted by atomic mass is 16.3. The van der Waals surface area contributed by atoms with Crippen LogP contribution in [-0.4, -0.2) is 36.1 Å². The largest absolute Gasteiger partial charge is 0.464 e. The van der Waals surface area contributed by atoms with Gasteiger partial charge in [0.25, 0.3) is 0 Å². The second kappa shape index (κ2) is 5.87. The first kappa shape index (κ1) is 12.9. The van der Waals surface area contributed by atoms with E-state index in [0.717, 1.165) is 36.3 Å². The summed E-state index contributed by atoms with van der Waals surface area (Å²) in [6.07, 6.45) is 4.57. The minimum atomic E-state index is 0.598. The lowest BCUT2D eigenvalue weighted by molar-refractivity contribution is 0.273.